The molecule has 1 N–H and O–H groups in total. The van der Waals surface area contributed by atoms with Crippen LogP contribution in [0.25, 0.3) is 0 Å². The Morgan fingerprint density at radius 3 is 2.63 bits per heavy atom. The summed E-state index contributed by atoms with van der Waals surface area (Å²) in [7, 11) is -3.83. The van der Waals surface area contributed by atoms with Crippen molar-refractivity contribution in [3.63, 3.8) is 0 Å². The number of benzene rings is 1. The molecule has 0 aliphatic carbocycles. The lowest BCUT2D eigenvalue weighted by atomic mass is 10.2. The fourth-order valence-corrected chi connectivity index (χ4v) is 3.12. The average molecular weight is 290 g/mol. The summed E-state index contributed by atoms with van der Waals surface area (Å²) >= 11 is 0. The summed E-state index contributed by atoms with van der Waals surface area (Å²) in [4.78, 5) is 1.08. The number of halogens is 2. The molecule has 1 aliphatic heterocycles. The molecule has 104 valence electrons. The van der Waals surface area contributed by atoms with E-state index in [1.807, 2.05) is 0 Å². The standard InChI is InChI=1S/C11H12F2N2O3S/c12-10(13)7-15(5-6-16)11-8-3-1-2-4-9(8)19(17,18)14-11/h1-4,10,16H,5-7H2. The molecule has 0 saturated carbocycles. The molecule has 1 heterocycles. The fourth-order valence-electron chi connectivity index (χ4n) is 1.89. The molecule has 2 rings (SSSR count). The first-order valence-corrected chi connectivity index (χ1v) is 6.98. The molecule has 0 radical (unpaired) electrons. The number of sulfonamides is 1. The highest BCUT2D eigenvalue weighted by molar-refractivity contribution is 7.90. The molecule has 1 aromatic rings. The van der Waals surface area contributed by atoms with Gasteiger partial charge in [-0.25, -0.2) is 8.78 Å². The zero-order chi connectivity index (χ0) is 14.0. The molecule has 0 fully saturated rings. The first-order valence-electron chi connectivity index (χ1n) is 5.54. The van der Waals surface area contributed by atoms with Crippen LogP contribution in [0.2, 0.25) is 0 Å². The van der Waals surface area contributed by atoms with Crippen LogP contribution < -0.4 is 0 Å². The van der Waals surface area contributed by atoms with Crippen LogP contribution in [-0.4, -0.2) is 50.4 Å². The minimum absolute atomic E-state index is 0.00204. The molecule has 19 heavy (non-hydrogen) atoms. The summed E-state index contributed by atoms with van der Waals surface area (Å²) in [5, 5.41) is 8.90. The maximum atomic E-state index is 12.5. The lowest BCUT2D eigenvalue weighted by Gasteiger charge is -2.22. The van der Waals surface area contributed by atoms with Crippen LogP contribution in [-0.2, 0) is 10.0 Å². The van der Waals surface area contributed by atoms with Crippen molar-refractivity contribution in [3.8, 4) is 0 Å². The lowest BCUT2D eigenvalue weighted by molar-refractivity contribution is 0.109. The molecule has 0 spiro atoms. The van der Waals surface area contributed by atoms with Gasteiger partial charge in [-0.05, 0) is 12.1 Å². The number of hydrogen-bond donors (Lipinski definition) is 1. The van der Waals surface area contributed by atoms with Crippen molar-refractivity contribution >= 4 is 15.9 Å². The molecule has 0 bridgehead atoms. The largest absolute Gasteiger partial charge is 0.395 e. The highest BCUT2D eigenvalue weighted by Crippen LogP contribution is 2.27. The van der Waals surface area contributed by atoms with Crippen molar-refractivity contribution in [1.29, 1.82) is 0 Å². The number of aliphatic hydroxyl groups is 1. The Bertz CT molecular complexity index is 602. The smallest absolute Gasteiger partial charge is 0.285 e. The van der Waals surface area contributed by atoms with Gasteiger partial charge < -0.3 is 10.0 Å². The third-order valence-electron chi connectivity index (χ3n) is 2.64. The molecule has 0 amide bonds. The Morgan fingerprint density at radius 1 is 1.32 bits per heavy atom. The molecule has 0 atom stereocenters. The minimum atomic E-state index is -3.83. The average Bonchev–Trinajstić information content (AvgIpc) is 2.61. The van der Waals surface area contributed by atoms with Gasteiger partial charge in [0.2, 0.25) is 0 Å². The number of hydrogen-bond acceptors (Lipinski definition) is 4. The Labute approximate surface area is 109 Å². The third-order valence-corrected chi connectivity index (χ3v) is 3.97. The van der Waals surface area contributed by atoms with Crippen LogP contribution in [0.4, 0.5) is 8.78 Å². The number of amidine groups is 1. The summed E-state index contributed by atoms with van der Waals surface area (Å²) in [6.07, 6.45) is -2.65. The van der Waals surface area contributed by atoms with Crippen LogP contribution in [0.5, 0.6) is 0 Å². The second-order valence-electron chi connectivity index (χ2n) is 3.95. The third kappa shape index (κ3) is 2.74. The second-order valence-corrected chi connectivity index (χ2v) is 5.52. The van der Waals surface area contributed by atoms with Crippen molar-refractivity contribution < 1.29 is 22.3 Å². The van der Waals surface area contributed by atoms with Crippen LogP contribution in [0.1, 0.15) is 5.56 Å². The molecule has 1 aromatic carbocycles. The highest BCUT2D eigenvalue weighted by atomic mass is 32.2. The van der Waals surface area contributed by atoms with Crippen LogP contribution in [0, 0.1) is 0 Å². The van der Waals surface area contributed by atoms with E-state index in [-0.39, 0.29) is 29.4 Å². The van der Waals surface area contributed by atoms with Gasteiger partial charge in [0.05, 0.1) is 13.2 Å². The van der Waals surface area contributed by atoms with Gasteiger partial charge in [0, 0.05) is 12.1 Å². The number of fused-ring (bicyclic) bond motifs is 1. The van der Waals surface area contributed by atoms with Crippen molar-refractivity contribution in [2.45, 2.75) is 11.3 Å². The van der Waals surface area contributed by atoms with E-state index in [4.69, 9.17) is 5.11 Å². The first-order chi connectivity index (χ1) is 8.95. The van der Waals surface area contributed by atoms with E-state index in [0.717, 1.165) is 4.90 Å². The number of aliphatic hydroxyl groups excluding tert-OH is 1. The number of alkyl halides is 2. The molecule has 0 aromatic heterocycles. The Hall–Kier alpha value is -1.54. The molecular weight excluding hydrogens is 278 g/mol. The topological polar surface area (TPSA) is 70.0 Å². The predicted octanol–water partition coefficient (Wildman–Crippen LogP) is 0.695. The molecule has 1 aliphatic rings. The highest BCUT2D eigenvalue weighted by Gasteiger charge is 2.32. The van der Waals surface area contributed by atoms with Gasteiger partial charge in [0.1, 0.15) is 4.90 Å². The van der Waals surface area contributed by atoms with Gasteiger partial charge in [-0.1, -0.05) is 12.1 Å². The normalized spacial score (nSPS) is 16.3. The summed E-state index contributed by atoms with van der Waals surface area (Å²) in [5.41, 5.74) is 0.289. The van der Waals surface area contributed by atoms with Gasteiger partial charge in [-0.3, -0.25) is 0 Å². The Balaban J connectivity index is 2.44. The van der Waals surface area contributed by atoms with Crippen molar-refractivity contribution in [2.75, 3.05) is 19.7 Å². The van der Waals surface area contributed by atoms with Gasteiger partial charge in [0.25, 0.3) is 16.4 Å². The summed E-state index contributed by atoms with van der Waals surface area (Å²) < 4.78 is 52.1. The summed E-state index contributed by atoms with van der Waals surface area (Å²) in [5.74, 6) is -0.0371. The Kier molecular flexibility index (Phi) is 3.81. The lowest BCUT2D eigenvalue weighted by Crippen LogP contribution is -2.37. The molecule has 5 nitrogen and oxygen atoms in total. The van der Waals surface area contributed by atoms with E-state index in [1.165, 1.54) is 12.1 Å². The fraction of sp³-hybridized carbons (Fsp3) is 0.364. The molecule has 0 unspecified atom stereocenters. The summed E-state index contributed by atoms with van der Waals surface area (Å²) in [6.45, 7) is -1.15. The molecular formula is C11H12F2N2O3S. The second kappa shape index (κ2) is 5.22. The zero-order valence-electron chi connectivity index (χ0n) is 9.83. The van der Waals surface area contributed by atoms with Crippen LogP contribution in [0.3, 0.4) is 0 Å². The number of rotatable bonds is 4. The predicted molar refractivity (Wildman–Crippen MR) is 64.8 cm³/mol. The number of nitrogens with zero attached hydrogens (tertiary/aromatic N) is 2. The van der Waals surface area contributed by atoms with E-state index < -0.39 is 23.0 Å². The monoisotopic (exact) mass is 290 g/mol. The summed E-state index contributed by atoms with van der Waals surface area (Å²) in [6, 6.07) is 6.03. The van der Waals surface area contributed by atoms with E-state index in [2.05, 4.69) is 4.40 Å². The Morgan fingerprint density at radius 2 is 2.00 bits per heavy atom. The quantitative estimate of drug-likeness (QED) is 0.886. The first kappa shape index (κ1) is 13.9. The van der Waals surface area contributed by atoms with Crippen LogP contribution in [0.15, 0.2) is 33.6 Å². The van der Waals surface area contributed by atoms with Gasteiger partial charge in [-0.15, -0.1) is 4.40 Å². The maximum absolute atomic E-state index is 12.5. The van der Waals surface area contributed by atoms with Gasteiger partial charge >= 0.3 is 0 Å². The van der Waals surface area contributed by atoms with Crippen molar-refractivity contribution in [2.24, 2.45) is 4.40 Å². The van der Waals surface area contributed by atoms with Crippen molar-refractivity contribution in [1.82, 2.24) is 4.90 Å². The minimum Gasteiger partial charge on any atom is -0.395 e. The van der Waals surface area contributed by atoms with E-state index in [1.54, 1.807) is 12.1 Å². The van der Waals surface area contributed by atoms with E-state index in [0.29, 0.717) is 0 Å². The maximum Gasteiger partial charge on any atom is 0.285 e. The van der Waals surface area contributed by atoms with Gasteiger partial charge in [-0.2, -0.15) is 8.42 Å². The van der Waals surface area contributed by atoms with E-state index >= 15 is 0 Å². The van der Waals surface area contributed by atoms with Crippen LogP contribution >= 0.6 is 0 Å². The van der Waals surface area contributed by atoms with Gasteiger partial charge in [0.15, 0.2) is 5.84 Å². The van der Waals surface area contributed by atoms with Crippen molar-refractivity contribution in [3.05, 3.63) is 29.8 Å². The SMILES string of the molecule is O=S1(=O)N=C(N(CCO)CC(F)F)c2ccccc21. The molecule has 8 heteroatoms. The zero-order valence-corrected chi connectivity index (χ0v) is 10.6. The molecule has 0 saturated heterocycles. The van der Waals surface area contributed by atoms with E-state index in [9.17, 15) is 17.2 Å².